The predicted molar refractivity (Wildman–Crippen MR) is 132 cm³/mol. The fourth-order valence-corrected chi connectivity index (χ4v) is 5.60. The SMILES string of the molecule is Cc1cc(C)c2nc(N3C(=O)C(=O)C(=C(O)c4ccccc4)[C@H]3c3cccc(Cl)c3)sc2c1. The Kier molecular flexibility index (Phi) is 5.27. The number of aryl methyl sites for hydroxylation is 2. The molecular weight excluding hydrogens is 456 g/mol. The number of anilines is 1. The average Bonchev–Trinajstić information content (AvgIpc) is 3.33. The van der Waals surface area contributed by atoms with Crippen LogP contribution in [0.3, 0.4) is 0 Å². The Morgan fingerprint density at radius 2 is 1.79 bits per heavy atom. The van der Waals surface area contributed by atoms with E-state index in [1.54, 1.807) is 48.5 Å². The van der Waals surface area contributed by atoms with Crippen LogP contribution in [0.15, 0.2) is 72.3 Å². The van der Waals surface area contributed by atoms with Gasteiger partial charge in [0.2, 0.25) is 0 Å². The van der Waals surface area contributed by atoms with Crippen LogP contribution in [0.25, 0.3) is 16.0 Å². The Morgan fingerprint density at radius 3 is 2.52 bits per heavy atom. The van der Waals surface area contributed by atoms with Crippen molar-refractivity contribution in [3.05, 3.63) is 99.6 Å². The van der Waals surface area contributed by atoms with Gasteiger partial charge in [0.1, 0.15) is 5.76 Å². The zero-order chi connectivity index (χ0) is 23.3. The molecule has 1 fully saturated rings. The number of rotatable bonds is 3. The maximum Gasteiger partial charge on any atom is 0.301 e. The highest BCUT2D eigenvalue weighted by atomic mass is 35.5. The number of amides is 1. The number of hydrogen-bond donors (Lipinski definition) is 1. The second-order valence-corrected chi connectivity index (χ2v) is 9.46. The standard InChI is InChI=1S/C26H19ClN2O3S/c1-14-11-15(2)21-19(12-14)33-26(28-21)29-22(17-9-6-10-18(27)13-17)20(24(31)25(29)32)23(30)16-7-4-3-5-8-16/h3-13,22,30H,1-2H3/t22-/m1/s1. The van der Waals surface area contributed by atoms with Crippen molar-refractivity contribution in [3.63, 3.8) is 0 Å². The molecule has 5 rings (SSSR count). The first kappa shape index (κ1) is 21.4. The van der Waals surface area contributed by atoms with Gasteiger partial charge in [-0.05, 0) is 48.7 Å². The molecule has 1 aliphatic heterocycles. The first-order chi connectivity index (χ1) is 15.8. The summed E-state index contributed by atoms with van der Waals surface area (Å²) in [6.45, 7) is 3.97. The summed E-state index contributed by atoms with van der Waals surface area (Å²) in [5.41, 5.74) is 3.96. The Balaban J connectivity index is 1.76. The van der Waals surface area contributed by atoms with Gasteiger partial charge in [-0.1, -0.05) is 71.5 Å². The third-order valence-corrected chi connectivity index (χ3v) is 6.92. The molecule has 1 amide bonds. The molecule has 1 aliphatic rings. The van der Waals surface area contributed by atoms with Crippen LogP contribution in [-0.4, -0.2) is 21.8 Å². The molecule has 0 radical (unpaired) electrons. The number of carbonyl (C=O) groups excluding carboxylic acids is 2. The molecule has 0 spiro atoms. The molecule has 4 aromatic rings. The molecule has 2 heterocycles. The summed E-state index contributed by atoms with van der Waals surface area (Å²) in [7, 11) is 0. The summed E-state index contributed by atoms with van der Waals surface area (Å²) in [6.07, 6.45) is 0. The largest absolute Gasteiger partial charge is 0.507 e. The number of nitrogens with zero attached hydrogens (tertiary/aromatic N) is 2. The van der Waals surface area contributed by atoms with Gasteiger partial charge in [-0.2, -0.15) is 0 Å². The van der Waals surface area contributed by atoms with E-state index in [2.05, 4.69) is 0 Å². The Labute approximate surface area is 199 Å². The first-order valence-electron chi connectivity index (χ1n) is 10.3. The molecule has 7 heteroatoms. The Hall–Kier alpha value is -3.48. The van der Waals surface area contributed by atoms with Crippen LogP contribution >= 0.6 is 22.9 Å². The molecule has 1 aromatic heterocycles. The van der Waals surface area contributed by atoms with Gasteiger partial charge >= 0.3 is 5.91 Å². The van der Waals surface area contributed by atoms with Crippen molar-refractivity contribution in [2.45, 2.75) is 19.9 Å². The summed E-state index contributed by atoms with van der Waals surface area (Å²) < 4.78 is 0.928. The zero-order valence-corrected chi connectivity index (χ0v) is 19.4. The van der Waals surface area contributed by atoms with E-state index in [4.69, 9.17) is 16.6 Å². The summed E-state index contributed by atoms with van der Waals surface area (Å²) >= 11 is 7.60. The number of aliphatic hydroxyl groups excluding tert-OH is 1. The minimum Gasteiger partial charge on any atom is -0.507 e. The molecule has 5 nitrogen and oxygen atoms in total. The molecule has 0 saturated carbocycles. The van der Waals surface area contributed by atoms with Crippen LogP contribution in [0, 0.1) is 13.8 Å². The molecular formula is C26H19ClN2O3S. The minimum atomic E-state index is -0.856. The van der Waals surface area contributed by atoms with Crippen molar-refractivity contribution in [1.82, 2.24) is 4.98 Å². The maximum absolute atomic E-state index is 13.3. The van der Waals surface area contributed by atoms with Crippen molar-refractivity contribution in [2.24, 2.45) is 0 Å². The highest BCUT2D eigenvalue weighted by molar-refractivity contribution is 7.22. The lowest BCUT2D eigenvalue weighted by Crippen LogP contribution is -2.29. The number of fused-ring (bicyclic) bond motifs is 1. The van der Waals surface area contributed by atoms with Crippen molar-refractivity contribution < 1.29 is 14.7 Å². The number of aliphatic hydroxyl groups is 1. The number of benzene rings is 3. The third-order valence-electron chi connectivity index (χ3n) is 5.68. The van der Waals surface area contributed by atoms with E-state index in [1.807, 2.05) is 32.0 Å². The van der Waals surface area contributed by atoms with E-state index < -0.39 is 17.7 Å². The lowest BCUT2D eigenvalue weighted by Gasteiger charge is -2.23. The van der Waals surface area contributed by atoms with E-state index >= 15 is 0 Å². The van der Waals surface area contributed by atoms with Crippen LogP contribution in [0.4, 0.5) is 5.13 Å². The molecule has 1 saturated heterocycles. The van der Waals surface area contributed by atoms with Gasteiger partial charge in [-0.25, -0.2) is 4.98 Å². The van der Waals surface area contributed by atoms with E-state index in [9.17, 15) is 14.7 Å². The number of hydrogen-bond acceptors (Lipinski definition) is 5. The Bertz CT molecular complexity index is 1460. The summed E-state index contributed by atoms with van der Waals surface area (Å²) in [6, 6.07) is 18.9. The quantitative estimate of drug-likeness (QED) is 0.218. The molecule has 0 bridgehead atoms. The van der Waals surface area contributed by atoms with Crippen molar-refractivity contribution in [2.75, 3.05) is 4.90 Å². The Morgan fingerprint density at radius 1 is 1.03 bits per heavy atom. The molecule has 1 N–H and O–H groups in total. The van der Waals surface area contributed by atoms with Crippen molar-refractivity contribution >= 4 is 55.7 Å². The number of ketones is 1. The highest BCUT2D eigenvalue weighted by Crippen LogP contribution is 2.45. The third kappa shape index (κ3) is 3.61. The lowest BCUT2D eigenvalue weighted by atomic mass is 9.95. The summed E-state index contributed by atoms with van der Waals surface area (Å²) in [5.74, 6) is -1.71. The number of thiazole rings is 1. The normalized spacial score (nSPS) is 17.8. The van der Waals surface area contributed by atoms with Crippen LogP contribution in [-0.2, 0) is 9.59 Å². The van der Waals surface area contributed by atoms with E-state index in [1.165, 1.54) is 16.2 Å². The van der Waals surface area contributed by atoms with Gasteiger partial charge in [0.15, 0.2) is 5.13 Å². The molecule has 164 valence electrons. The van der Waals surface area contributed by atoms with E-state index in [-0.39, 0.29) is 11.3 Å². The minimum absolute atomic E-state index is 0.0145. The predicted octanol–water partition coefficient (Wildman–Crippen LogP) is 6.19. The van der Waals surface area contributed by atoms with Gasteiger partial charge in [-0.3, -0.25) is 14.5 Å². The van der Waals surface area contributed by atoms with Gasteiger partial charge < -0.3 is 5.11 Å². The number of carbonyl (C=O) groups is 2. The number of Topliss-reactive ketones (excluding diaryl/α,β-unsaturated/α-hetero) is 1. The monoisotopic (exact) mass is 474 g/mol. The summed E-state index contributed by atoms with van der Waals surface area (Å²) in [4.78, 5) is 32.7. The maximum atomic E-state index is 13.3. The van der Waals surface area contributed by atoms with Crippen molar-refractivity contribution in [3.8, 4) is 0 Å². The van der Waals surface area contributed by atoms with Crippen LogP contribution in [0.2, 0.25) is 5.02 Å². The first-order valence-corrected chi connectivity index (χ1v) is 11.5. The second-order valence-electron chi connectivity index (χ2n) is 8.02. The zero-order valence-electron chi connectivity index (χ0n) is 17.9. The highest BCUT2D eigenvalue weighted by Gasteiger charge is 2.48. The topological polar surface area (TPSA) is 70.5 Å². The molecule has 1 atom stereocenters. The molecule has 0 unspecified atom stereocenters. The van der Waals surface area contributed by atoms with E-state index in [0.29, 0.717) is 21.3 Å². The van der Waals surface area contributed by atoms with Gasteiger partial charge in [-0.15, -0.1) is 0 Å². The van der Waals surface area contributed by atoms with Gasteiger partial charge in [0, 0.05) is 10.6 Å². The molecule has 3 aromatic carbocycles. The second kappa shape index (κ2) is 8.14. The number of halogens is 1. The van der Waals surface area contributed by atoms with Crippen LogP contribution in [0.5, 0.6) is 0 Å². The smallest absolute Gasteiger partial charge is 0.301 e. The van der Waals surface area contributed by atoms with Crippen molar-refractivity contribution in [1.29, 1.82) is 0 Å². The molecule has 0 aliphatic carbocycles. The number of aromatic nitrogens is 1. The van der Waals surface area contributed by atoms with E-state index in [0.717, 1.165) is 21.3 Å². The lowest BCUT2D eigenvalue weighted by molar-refractivity contribution is -0.132. The van der Waals surface area contributed by atoms with Gasteiger partial charge in [0.25, 0.3) is 5.78 Å². The summed E-state index contributed by atoms with van der Waals surface area (Å²) in [5, 5.41) is 12.0. The van der Waals surface area contributed by atoms with Crippen LogP contribution in [0.1, 0.15) is 28.3 Å². The molecule has 33 heavy (non-hydrogen) atoms. The fourth-order valence-electron chi connectivity index (χ4n) is 4.24. The average molecular weight is 475 g/mol. The van der Waals surface area contributed by atoms with Crippen LogP contribution < -0.4 is 4.90 Å². The van der Waals surface area contributed by atoms with Gasteiger partial charge in [0.05, 0.1) is 21.8 Å². The fraction of sp³-hybridized carbons (Fsp3) is 0.115.